The quantitative estimate of drug-likeness (QED) is 0.893. The van der Waals surface area contributed by atoms with Gasteiger partial charge >= 0.3 is 6.09 Å². The van der Waals surface area contributed by atoms with E-state index in [1.54, 1.807) is 0 Å². The third-order valence-electron chi connectivity index (χ3n) is 2.57. The summed E-state index contributed by atoms with van der Waals surface area (Å²) in [5.41, 5.74) is 1.92. The molecule has 0 aliphatic carbocycles. The third-order valence-corrected chi connectivity index (χ3v) is 2.57. The van der Waals surface area contributed by atoms with Gasteiger partial charge in [-0.2, -0.15) is 0 Å². The minimum absolute atomic E-state index is 0.496. The fourth-order valence-corrected chi connectivity index (χ4v) is 1.71. The van der Waals surface area contributed by atoms with Gasteiger partial charge in [0.1, 0.15) is 11.6 Å². The summed E-state index contributed by atoms with van der Waals surface area (Å²) in [5.74, 6) is 1.41. The number of hydrogen-bond donors (Lipinski definition) is 1. The average molecular weight is 248 g/mol. The van der Waals surface area contributed by atoms with Crippen LogP contribution in [0.4, 0.5) is 10.5 Å². The van der Waals surface area contributed by atoms with Crippen LogP contribution in [-0.2, 0) is 11.2 Å². The van der Waals surface area contributed by atoms with E-state index in [2.05, 4.69) is 22.0 Å². The Labute approximate surface area is 106 Å². The summed E-state index contributed by atoms with van der Waals surface area (Å²) in [6.45, 7) is 2.75. The van der Waals surface area contributed by atoms with Crippen molar-refractivity contribution in [2.75, 3.05) is 13.7 Å². The SMILES string of the molecule is CCCOc1ccc2c(c1)N=C(NC(=O)OC)C2. The van der Waals surface area contributed by atoms with Crippen molar-refractivity contribution in [3.63, 3.8) is 0 Å². The minimum atomic E-state index is -0.496. The Hall–Kier alpha value is -2.04. The molecule has 0 unspecified atom stereocenters. The molecule has 0 fully saturated rings. The van der Waals surface area contributed by atoms with Crippen LogP contribution in [0.25, 0.3) is 0 Å². The number of nitrogens with one attached hydrogen (secondary N) is 1. The van der Waals surface area contributed by atoms with Crippen molar-refractivity contribution in [2.24, 2.45) is 4.99 Å². The summed E-state index contributed by atoms with van der Waals surface area (Å²) in [6.07, 6.45) is 1.08. The van der Waals surface area contributed by atoms with Gasteiger partial charge in [-0.3, -0.25) is 5.32 Å². The number of nitrogens with zero attached hydrogens (tertiary/aromatic N) is 1. The maximum Gasteiger partial charge on any atom is 0.412 e. The Balaban J connectivity index is 2.07. The third kappa shape index (κ3) is 2.80. The first-order valence-electron chi connectivity index (χ1n) is 5.91. The Morgan fingerprint density at radius 3 is 3.06 bits per heavy atom. The summed E-state index contributed by atoms with van der Waals surface area (Å²) in [7, 11) is 1.33. The molecule has 0 saturated carbocycles. The average Bonchev–Trinajstić information content (AvgIpc) is 2.77. The number of benzene rings is 1. The Kier molecular flexibility index (Phi) is 3.82. The molecule has 0 aromatic heterocycles. The van der Waals surface area contributed by atoms with Crippen LogP contribution in [-0.4, -0.2) is 25.6 Å². The van der Waals surface area contributed by atoms with Crippen molar-refractivity contribution in [1.29, 1.82) is 0 Å². The number of methoxy groups -OCH3 is 1. The van der Waals surface area contributed by atoms with Gasteiger partial charge < -0.3 is 9.47 Å². The number of aliphatic imine (C=N–C) groups is 1. The van der Waals surface area contributed by atoms with Crippen molar-refractivity contribution < 1.29 is 14.3 Å². The molecule has 0 bridgehead atoms. The number of amides is 1. The van der Waals surface area contributed by atoms with E-state index in [0.29, 0.717) is 18.9 Å². The number of amidine groups is 1. The second-order valence-corrected chi connectivity index (χ2v) is 3.99. The van der Waals surface area contributed by atoms with Crippen molar-refractivity contribution in [2.45, 2.75) is 19.8 Å². The van der Waals surface area contributed by atoms with Crippen LogP contribution >= 0.6 is 0 Å². The lowest BCUT2D eigenvalue weighted by Crippen LogP contribution is -2.30. The molecule has 0 saturated heterocycles. The van der Waals surface area contributed by atoms with E-state index in [4.69, 9.17) is 4.74 Å². The molecule has 1 aromatic rings. The largest absolute Gasteiger partial charge is 0.494 e. The van der Waals surface area contributed by atoms with Gasteiger partial charge in [-0.05, 0) is 18.1 Å². The molecule has 18 heavy (non-hydrogen) atoms. The molecule has 0 radical (unpaired) electrons. The van der Waals surface area contributed by atoms with Crippen molar-refractivity contribution in [3.8, 4) is 5.75 Å². The van der Waals surface area contributed by atoms with Gasteiger partial charge in [-0.1, -0.05) is 13.0 Å². The second-order valence-electron chi connectivity index (χ2n) is 3.99. The predicted molar refractivity (Wildman–Crippen MR) is 68.6 cm³/mol. The molecule has 96 valence electrons. The second kappa shape index (κ2) is 5.53. The number of hydrogen-bond acceptors (Lipinski definition) is 4. The Bertz CT molecular complexity index is 483. The lowest BCUT2D eigenvalue weighted by Gasteiger charge is -2.05. The molecule has 1 aliphatic heterocycles. The van der Waals surface area contributed by atoms with Gasteiger partial charge in [0.2, 0.25) is 0 Å². The first-order chi connectivity index (χ1) is 8.72. The normalized spacial score (nSPS) is 12.7. The first kappa shape index (κ1) is 12.4. The zero-order valence-electron chi connectivity index (χ0n) is 10.5. The van der Waals surface area contributed by atoms with Gasteiger partial charge in [-0.15, -0.1) is 0 Å². The number of carbonyl (C=O) groups excluding carboxylic acids is 1. The van der Waals surface area contributed by atoms with E-state index in [1.807, 2.05) is 18.2 Å². The highest BCUT2D eigenvalue weighted by molar-refractivity contribution is 6.00. The van der Waals surface area contributed by atoms with E-state index in [-0.39, 0.29) is 0 Å². The summed E-state index contributed by atoms with van der Waals surface area (Å²) in [4.78, 5) is 15.4. The molecule has 1 aliphatic rings. The van der Waals surface area contributed by atoms with E-state index in [1.165, 1.54) is 7.11 Å². The summed E-state index contributed by atoms with van der Waals surface area (Å²) >= 11 is 0. The molecule has 0 spiro atoms. The van der Waals surface area contributed by atoms with Gasteiger partial charge in [-0.25, -0.2) is 9.79 Å². The van der Waals surface area contributed by atoms with Crippen LogP contribution in [0.1, 0.15) is 18.9 Å². The number of rotatable bonds is 3. The highest BCUT2D eigenvalue weighted by Crippen LogP contribution is 2.30. The molecule has 2 rings (SSSR count). The molecular formula is C13H16N2O3. The number of carbonyl (C=O) groups is 1. The van der Waals surface area contributed by atoms with Crippen LogP contribution in [0.2, 0.25) is 0 Å². The van der Waals surface area contributed by atoms with Gasteiger partial charge in [0.25, 0.3) is 0 Å². The van der Waals surface area contributed by atoms with Crippen molar-refractivity contribution in [1.82, 2.24) is 5.32 Å². The lowest BCUT2D eigenvalue weighted by molar-refractivity contribution is 0.176. The molecule has 5 nitrogen and oxygen atoms in total. The maximum atomic E-state index is 11.1. The monoisotopic (exact) mass is 248 g/mol. The lowest BCUT2D eigenvalue weighted by atomic mass is 10.1. The molecule has 1 heterocycles. The number of alkyl carbamates (subject to hydrolysis) is 1. The summed E-state index contributed by atoms with van der Waals surface area (Å²) < 4.78 is 10.1. The summed E-state index contributed by atoms with van der Waals surface area (Å²) in [6, 6.07) is 5.78. The van der Waals surface area contributed by atoms with Crippen LogP contribution in [0.15, 0.2) is 23.2 Å². The van der Waals surface area contributed by atoms with Crippen LogP contribution in [0, 0.1) is 0 Å². The van der Waals surface area contributed by atoms with E-state index in [9.17, 15) is 4.79 Å². The maximum absolute atomic E-state index is 11.1. The van der Waals surface area contributed by atoms with Gasteiger partial charge in [0, 0.05) is 12.5 Å². The molecular weight excluding hydrogens is 232 g/mol. The summed E-state index contributed by atoms with van der Waals surface area (Å²) in [5, 5.41) is 2.59. The number of ether oxygens (including phenoxy) is 2. The van der Waals surface area contributed by atoms with Gasteiger partial charge in [0.15, 0.2) is 0 Å². The molecule has 1 aromatic carbocycles. The fourth-order valence-electron chi connectivity index (χ4n) is 1.71. The number of fused-ring (bicyclic) bond motifs is 1. The molecule has 0 atom stereocenters. The van der Waals surface area contributed by atoms with Crippen LogP contribution < -0.4 is 10.1 Å². The molecule has 1 amide bonds. The van der Waals surface area contributed by atoms with Crippen molar-refractivity contribution >= 4 is 17.6 Å². The van der Waals surface area contributed by atoms with Crippen LogP contribution in [0.5, 0.6) is 5.75 Å². The highest BCUT2D eigenvalue weighted by atomic mass is 16.5. The molecule has 1 N–H and O–H groups in total. The zero-order chi connectivity index (χ0) is 13.0. The Morgan fingerprint density at radius 2 is 2.33 bits per heavy atom. The smallest absolute Gasteiger partial charge is 0.412 e. The topological polar surface area (TPSA) is 59.9 Å². The van der Waals surface area contributed by atoms with E-state index >= 15 is 0 Å². The minimum Gasteiger partial charge on any atom is -0.494 e. The Morgan fingerprint density at radius 1 is 1.50 bits per heavy atom. The van der Waals surface area contributed by atoms with E-state index < -0.39 is 6.09 Å². The fraction of sp³-hybridized carbons (Fsp3) is 0.385. The highest BCUT2D eigenvalue weighted by Gasteiger charge is 2.17. The predicted octanol–water partition coefficient (Wildman–Crippen LogP) is 2.42. The van der Waals surface area contributed by atoms with Crippen LogP contribution in [0.3, 0.4) is 0 Å². The molecule has 5 heteroatoms. The van der Waals surface area contributed by atoms with Gasteiger partial charge in [0.05, 0.1) is 19.4 Å². The zero-order valence-corrected chi connectivity index (χ0v) is 10.5. The first-order valence-corrected chi connectivity index (χ1v) is 5.91. The van der Waals surface area contributed by atoms with E-state index in [0.717, 1.165) is 23.4 Å². The standard InChI is InChI=1S/C13H16N2O3/c1-3-6-18-10-5-4-9-7-12(14-11(9)8-10)15-13(16)17-2/h4-5,8H,3,6-7H2,1-2H3,(H,14,15,16). The van der Waals surface area contributed by atoms with Crippen molar-refractivity contribution in [3.05, 3.63) is 23.8 Å².